The molecule has 0 N–H and O–H groups in total. The average Bonchev–Trinajstić information content (AvgIpc) is 2.82. The first-order valence-corrected chi connectivity index (χ1v) is 11.7. The van der Waals surface area contributed by atoms with Crippen molar-refractivity contribution < 1.29 is 23.5 Å². The van der Waals surface area contributed by atoms with E-state index in [-0.39, 0.29) is 36.5 Å². The molecule has 3 amide bonds. The van der Waals surface area contributed by atoms with Crippen molar-refractivity contribution in [3.8, 4) is 0 Å². The molecule has 2 saturated heterocycles. The number of amides is 3. The van der Waals surface area contributed by atoms with Crippen molar-refractivity contribution in [3.05, 3.63) is 71.0 Å². The fourth-order valence-corrected chi connectivity index (χ4v) is 5.68. The molecule has 0 bridgehead atoms. The van der Waals surface area contributed by atoms with Gasteiger partial charge in [-0.3, -0.25) is 14.4 Å². The van der Waals surface area contributed by atoms with Crippen LogP contribution in [0.2, 0.25) is 0 Å². The molecule has 0 radical (unpaired) electrons. The summed E-state index contributed by atoms with van der Waals surface area (Å²) in [5.41, 5.74) is 0.314. The number of benzene rings is 2. The van der Waals surface area contributed by atoms with Crippen molar-refractivity contribution in [2.45, 2.75) is 31.3 Å². The highest BCUT2D eigenvalue weighted by atomic mass is 19.1. The quantitative estimate of drug-likeness (QED) is 0.699. The van der Waals surface area contributed by atoms with Gasteiger partial charge in [0, 0.05) is 37.8 Å². The third-order valence-electron chi connectivity index (χ3n) is 7.15. The summed E-state index contributed by atoms with van der Waals surface area (Å²) in [6.45, 7) is 6.09. The lowest BCUT2D eigenvalue weighted by molar-refractivity contribution is -0.146. The monoisotopic (exact) mass is 465 g/mol. The predicted molar refractivity (Wildman–Crippen MR) is 123 cm³/mol. The summed E-state index contributed by atoms with van der Waals surface area (Å²) in [6.07, 6.45) is 0. The zero-order valence-electron chi connectivity index (χ0n) is 19.4. The van der Waals surface area contributed by atoms with Gasteiger partial charge < -0.3 is 19.4 Å². The second-order valence-electron chi connectivity index (χ2n) is 9.47. The molecular formula is C26H28FN3O4. The van der Waals surface area contributed by atoms with Gasteiger partial charge in [0.15, 0.2) is 0 Å². The Labute approximate surface area is 198 Å². The lowest BCUT2D eigenvalue weighted by atomic mass is 9.67. The van der Waals surface area contributed by atoms with E-state index in [1.165, 1.54) is 23.1 Å². The molecule has 2 aromatic rings. The number of rotatable bonds is 3. The molecule has 0 aliphatic carbocycles. The SMILES string of the molecule is CC(C)N1C(=O)c2ccccc2C(C(=O)N2CCOCC2)C12CN(C(=O)c1ccccc1F)C2. The molecule has 1 atom stereocenters. The molecule has 3 heterocycles. The van der Waals surface area contributed by atoms with Gasteiger partial charge in [-0.1, -0.05) is 30.3 Å². The molecule has 3 aliphatic heterocycles. The molecule has 7 nitrogen and oxygen atoms in total. The Morgan fingerprint density at radius 1 is 1.00 bits per heavy atom. The molecule has 3 aliphatic rings. The smallest absolute Gasteiger partial charge is 0.256 e. The van der Waals surface area contributed by atoms with Crippen LogP contribution < -0.4 is 0 Å². The molecule has 0 saturated carbocycles. The summed E-state index contributed by atoms with van der Waals surface area (Å²) in [5, 5.41) is 0. The van der Waals surface area contributed by atoms with Gasteiger partial charge in [0.05, 0.1) is 30.2 Å². The Morgan fingerprint density at radius 3 is 2.32 bits per heavy atom. The van der Waals surface area contributed by atoms with E-state index in [4.69, 9.17) is 4.74 Å². The number of fused-ring (bicyclic) bond motifs is 1. The van der Waals surface area contributed by atoms with Crippen LogP contribution in [0.3, 0.4) is 0 Å². The summed E-state index contributed by atoms with van der Waals surface area (Å²) >= 11 is 0. The number of ether oxygens (including phenoxy) is 1. The van der Waals surface area contributed by atoms with Crippen LogP contribution in [0.5, 0.6) is 0 Å². The second kappa shape index (κ2) is 8.51. The first-order chi connectivity index (χ1) is 16.3. The first-order valence-electron chi connectivity index (χ1n) is 11.7. The van der Waals surface area contributed by atoms with E-state index in [0.29, 0.717) is 37.4 Å². The molecule has 5 rings (SSSR count). The van der Waals surface area contributed by atoms with Crippen LogP contribution in [0, 0.1) is 5.82 Å². The maximum absolute atomic E-state index is 14.3. The van der Waals surface area contributed by atoms with E-state index in [2.05, 4.69) is 0 Å². The minimum absolute atomic E-state index is 0.00737. The van der Waals surface area contributed by atoms with Gasteiger partial charge in [-0.05, 0) is 37.6 Å². The van der Waals surface area contributed by atoms with Gasteiger partial charge in [0.1, 0.15) is 5.82 Å². The van der Waals surface area contributed by atoms with Gasteiger partial charge in [0.2, 0.25) is 5.91 Å². The van der Waals surface area contributed by atoms with Crippen molar-refractivity contribution in [1.82, 2.24) is 14.7 Å². The van der Waals surface area contributed by atoms with Crippen LogP contribution in [-0.2, 0) is 9.53 Å². The van der Waals surface area contributed by atoms with Gasteiger partial charge in [-0.25, -0.2) is 4.39 Å². The van der Waals surface area contributed by atoms with Gasteiger partial charge >= 0.3 is 0 Å². The molecule has 0 aromatic heterocycles. The first kappa shape index (κ1) is 22.5. The Kier molecular flexibility index (Phi) is 5.64. The predicted octanol–water partition coefficient (Wildman–Crippen LogP) is 2.53. The number of hydrogen-bond donors (Lipinski definition) is 0. The number of halogens is 1. The minimum Gasteiger partial charge on any atom is -0.378 e. The van der Waals surface area contributed by atoms with Gasteiger partial charge in [0.25, 0.3) is 11.8 Å². The standard InChI is InChI=1S/C26H28FN3O4/c1-17(2)30-24(32)19-8-4-3-7-18(19)22(25(33)28-11-13-34-14-12-28)26(30)15-29(16-26)23(31)20-9-5-6-10-21(20)27/h3-10,17,22H,11-16H2,1-2H3. The van der Waals surface area contributed by atoms with Crippen molar-refractivity contribution in [2.75, 3.05) is 39.4 Å². The summed E-state index contributed by atoms with van der Waals surface area (Å²) < 4.78 is 19.8. The van der Waals surface area contributed by atoms with Crippen LogP contribution in [-0.4, -0.2) is 83.4 Å². The number of carbonyl (C=O) groups is 3. The third-order valence-corrected chi connectivity index (χ3v) is 7.15. The van der Waals surface area contributed by atoms with Crippen molar-refractivity contribution in [1.29, 1.82) is 0 Å². The molecule has 178 valence electrons. The van der Waals surface area contributed by atoms with Crippen molar-refractivity contribution in [3.63, 3.8) is 0 Å². The van der Waals surface area contributed by atoms with Crippen molar-refractivity contribution >= 4 is 17.7 Å². The van der Waals surface area contributed by atoms with E-state index in [0.717, 1.165) is 0 Å². The highest BCUT2D eigenvalue weighted by Crippen LogP contribution is 2.48. The number of likely N-dealkylation sites (tertiary alicyclic amines) is 1. The Morgan fingerprint density at radius 2 is 1.65 bits per heavy atom. The summed E-state index contributed by atoms with van der Waals surface area (Å²) in [7, 11) is 0. The number of morpholine rings is 1. The number of hydrogen-bond acceptors (Lipinski definition) is 4. The van der Waals surface area contributed by atoms with Crippen LogP contribution >= 0.6 is 0 Å². The Balaban J connectivity index is 1.56. The Bertz CT molecular complexity index is 1140. The lowest BCUT2D eigenvalue weighted by Gasteiger charge is -2.62. The molecular weight excluding hydrogens is 437 g/mol. The largest absolute Gasteiger partial charge is 0.378 e. The summed E-state index contributed by atoms with van der Waals surface area (Å²) in [4.78, 5) is 45.8. The van der Waals surface area contributed by atoms with E-state index >= 15 is 0 Å². The van der Waals surface area contributed by atoms with Crippen LogP contribution in [0.25, 0.3) is 0 Å². The molecule has 34 heavy (non-hydrogen) atoms. The fraction of sp³-hybridized carbons (Fsp3) is 0.423. The van der Waals surface area contributed by atoms with E-state index in [1.54, 1.807) is 28.0 Å². The van der Waals surface area contributed by atoms with E-state index < -0.39 is 23.2 Å². The maximum atomic E-state index is 14.3. The molecule has 8 heteroatoms. The topological polar surface area (TPSA) is 70.2 Å². The van der Waals surface area contributed by atoms with Crippen molar-refractivity contribution in [2.24, 2.45) is 0 Å². The highest BCUT2D eigenvalue weighted by Gasteiger charge is 2.62. The maximum Gasteiger partial charge on any atom is 0.256 e. The van der Waals surface area contributed by atoms with Gasteiger partial charge in [-0.15, -0.1) is 0 Å². The fourth-order valence-electron chi connectivity index (χ4n) is 5.68. The molecule has 1 unspecified atom stereocenters. The summed E-state index contributed by atoms with van der Waals surface area (Å²) in [5.74, 6) is -1.84. The molecule has 2 fully saturated rings. The van der Waals surface area contributed by atoms with Crippen LogP contribution in [0.1, 0.15) is 46.0 Å². The number of nitrogens with zero attached hydrogens (tertiary/aromatic N) is 3. The average molecular weight is 466 g/mol. The highest BCUT2D eigenvalue weighted by molar-refractivity contribution is 6.03. The third kappa shape index (κ3) is 3.39. The lowest BCUT2D eigenvalue weighted by Crippen LogP contribution is -2.78. The molecule has 2 aromatic carbocycles. The number of carbonyl (C=O) groups excluding carboxylic acids is 3. The van der Waals surface area contributed by atoms with Crippen LogP contribution in [0.4, 0.5) is 4.39 Å². The van der Waals surface area contributed by atoms with E-state index in [9.17, 15) is 18.8 Å². The summed E-state index contributed by atoms with van der Waals surface area (Å²) in [6, 6.07) is 12.9. The van der Waals surface area contributed by atoms with Gasteiger partial charge in [-0.2, -0.15) is 0 Å². The van der Waals surface area contributed by atoms with Crippen LogP contribution in [0.15, 0.2) is 48.5 Å². The molecule has 1 spiro atoms. The Hall–Kier alpha value is -3.26. The normalized spacial score (nSPS) is 21.5. The minimum atomic E-state index is -0.893. The van der Waals surface area contributed by atoms with E-state index in [1.807, 2.05) is 26.0 Å². The second-order valence-corrected chi connectivity index (χ2v) is 9.47. The zero-order valence-corrected chi connectivity index (χ0v) is 19.4. The zero-order chi connectivity index (χ0) is 24.0.